The highest BCUT2D eigenvalue weighted by Gasteiger charge is 2.07. The van der Waals surface area contributed by atoms with Gasteiger partial charge in [0.05, 0.1) is 27.4 Å². The molecule has 12 heavy (non-hydrogen) atoms. The molecule has 0 saturated heterocycles. The summed E-state index contributed by atoms with van der Waals surface area (Å²) in [6.07, 6.45) is 1.63. The maximum Gasteiger partial charge on any atom is 0.0932 e. The predicted octanol–water partition coefficient (Wildman–Crippen LogP) is 3.18. The molecule has 0 bridgehead atoms. The molecule has 0 fully saturated rings. The van der Waals surface area contributed by atoms with E-state index in [4.69, 9.17) is 23.2 Å². The summed E-state index contributed by atoms with van der Waals surface area (Å²) in [6, 6.07) is 1.78. The molecule has 0 amide bonds. The first-order valence-corrected chi connectivity index (χ1v) is 4.23. The lowest BCUT2D eigenvalue weighted by atomic mass is 10.2. The van der Waals surface area contributed by atoms with Gasteiger partial charge in [-0.15, -0.1) is 0 Å². The number of halogens is 2. The second-order valence-electron chi connectivity index (χ2n) is 2.60. The van der Waals surface area contributed by atoms with Crippen molar-refractivity contribution in [2.24, 2.45) is 0 Å². The zero-order chi connectivity index (χ0) is 8.72. The van der Waals surface area contributed by atoms with Crippen molar-refractivity contribution < 1.29 is 0 Å². The molecular formula is C8H6Cl2N2. The quantitative estimate of drug-likeness (QED) is 0.696. The molecule has 0 atom stereocenters. The zero-order valence-corrected chi connectivity index (χ0v) is 7.87. The standard InChI is InChI=1S/C8H6Cl2N2/c1-4-7(10)5(9)2-6-8(4)12-3-11-6/h2-3H,1H3,(H,11,12). The fourth-order valence-electron chi connectivity index (χ4n) is 1.19. The maximum atomic E-state index is 5.93. The van der Waals surface area contributed by atoms with E-state index in [0.717, 1.165) is 16.6 Å². The average Bonchev–Trinajstić information content (AvgIpc) is 2.48. The van der Waals surface area contributed by atoms with Crippen LogP contribution in [0.15, 0.2) is 12.4 Å². The van der Waals surface area contributed by atoms with Gasteiger partial charge in [0, 0.05) is 0 Å². The van der Waals surface area contributed by atoms with Crippen LogP contribution < -0.4 is 0 Å². The van der Waals surface area contributed by atoms with E-state index in [9.17, 15) is 0 Å². The fourth-order valence-corrected chi connectivity index (χ4v) is 1.58. The Hall–Kier alpha value is -0.730. The molecule has 62 valence electrons. The van der Waals surface area contributed by atoms with Gasteiger partial charge in [-0.3, -0.25) is 0 Å². The number of rotatable bonds is 0. The number of nitrogens with zero attached hydrogens (tertiary/aromatic N) is 1. The van der Waals surface area contributed by atoms with Gasteiger partial charge >= 0.3 is 0 Å². The number of hydrogen-bond donors (Lipinski definition) is 1. The molecule has 1 heterocycles. The number of fused-ring (bicyclic) bond motifs is 1. The number of aromatic nitrogens is 2. The molecule has 0 aliphatic carbocycles. The number of aryl methyl sites for hydroxylation is 1. The maximum absolute atomic E-state index is 5.93. The van der Waals surface area contributed by atoms with Gasteiger partial charge in [-0.05, 0) is 18.6 Å². The molecule has 0 spiro atoms. The Morgan fingerprint density at radius 2 is 2.17 bits per heavy atom. The SMILES string of the molecule is Cc1c(Cl)c(Cl)cc2[nH]cnc12. The van der Waals surface area contributed by atoms with Crippen molar-refractivity contribution in [2.45, 2.75) is 6.92 Å². The van der Waals surface area contributed by atoms with Gasteiger partial charge in [-0.2, -0.15) is 0 Å². The molecule has 0 saturated carbocycles. The van der Waals surface area contributed by atoms with E-state index in [1.54, 1.807) is 12.4 Å². The molecule has 1 N–H and O–H groups in total. The zero-order valence-electron chi connectivity index (χ0n) is 6.36. The minimum absolute atomic E-state index is 0.561. The van der Waals surface area contributed by atoms with Crippen LogP contribution in [0.4, 0.5) is 0 Å². The van der Waals surface area contributed by atoms with E-state index in [1.807, 2.05) is 6.92 Å². The third-order valence-electron chi connectivity index (χ3n) is 1.83. The first-order chi connectivity index (χ1) is 5.70. The van der Waals surface area contributed by atoms with E-state index < -0.39 is 0 Å². The van der Waals surface area contributed by atoms with Crippen LogP contribution in [0.5, 0.6) is 0 Å². The second kappa shape index (κ2) is 2.64. The highest BCUT2D eigenvalue weighted by molar-refractivity contribution is 6.43. The lowest BCUT2D eigenvalue weighted by Gasteiger charge is -2.00. The Morgan fingerprint density at radius 1 is 1.42 bits per heavy atom. The van der Waals surface area contributed by atoms with Crippen molar-refractivity contribution in [3.63, 3.8) is 0 Å². The molecule has 2 aromatic rings. The van der Waals surface area contributed by atoms with Gasteiger partial charge in [0.25, 0.3) is 0 Å². The smallest absolute Gasteiger partial charge is 0.0932 e. The van der Waals surface area contributed by atoms with Crippen LogP contribution in [0.1, 0.15) is 5.56 Å². The van der Waals surface area contributed by atoms with Crippen LogP contribution in [-0.2, 0) is 0 Å². The third-order valence-corrected chi connectivity index (χ3v) is 2.72. The lowest BCUT2D eigenvalue weighted by Crippen LogP contribution is -1.80. The van der Waals surface area contributed by atoms with Crippen molar-refractivity contribution in [1.29, 1.82) is 0 Å². The van der Waals surface area contributed by atoms with Gasteiger partial charge in [-0.1, -0.05) is 23.2 Å². The minimum atomic E-state index is 0.561. The molecule has 0 aliphatic heterocycles. The molecular weight excluding hydrogens is 195 g/mol. The second-order valence-corrected chi connectivity index (χ2v) is 3.38. The van der Waals surface area contributed by atoms with Gasteiger partial charge < -0.3 is 4.98 Å². The molecule has 0 unspecified atom stereocenters. The monoisotopic (exact) mass is 200 g/mol. The number of hydrogen-bond acceptors (Lipinski definition) is 1. The Balaban J connectivity index is 2.94. The molecule has 2 rings (SSSR count). The van der Waals surface area contributed by atoms with Gasteiger partial charge in [0.15, 0.2) is 0 Å². The first-order valence-electron chi connectivity index (χ1n) is 3.48. The van der Waals surface area contributed by atoms with E-state index in [0.29, 0.717) is 10.0 Å². The lowest BCUT2D eigenvalue weighted by molar-refractivity contribution is 1.34. The summed E-state index contributed by atoms with van der Waals surface area (Å²) in [4.78, 5) is 7.10. The molecule has 1 aromatic heterocycles. The Labute approximate surface area is 79.5 Å². The van der Waals surface area contributed by atoms with E-state index in [1.165, 1.54) is 0 Å². The minimum Gasteiger partial charge on any atom is -0.345 e. The predicted molar refractivity (Wildman–Crippen MR) is 50.9 cm³/mol. The van der Waals surface area contributed by atoms with Crippen LogP contribution in [-0.4, -0.2) is 9.97 Å². The van der Waals surface area contributed by atoms with Crippen molar-refractivity contribution in [1.82, 2.24) is 9.97 Å². The van der Waals surface area contributed by atoms with Crippen LogP contribution in [0, 0.1) is 6.92 Å². The van der Waals surface area contributed by atoms with Crippen LogP contribution in [0.25, 0.3) is 11.0 Å². The van der Waals surface area contributed by atoms with Crippen LogP contribution in [0.3, 0.4) is 0 Å². The first kappa shape index (κ1) is 7.90. The summed E-state index contributed by atoms with van der Waals surface area (Å²) in [5.41, 5.74) is 2.71. The molecule has 4 heteroatoms. The topological polar surface area (TPSA) is 28.7 Å². The summed E-state index contributed by atoms with van der Waals surface area (Å²) < 4.78 is 0. The number of nitrogens with one attached hydrogen (secondary N) is 1. The summed E-state index contributed by atoms with van der Waals surface area (Å²) in [5.74, 6) is 0. The number of aromatic amines is 1. The van der Waals surface area contributed by atoms with E-state index in [2.05, 4.69) is 9.97 Å². The number of H-pyrrole nitrogens is 1. The van der Waals surface area contributed by atoms with Crippen molar-refractivity contribution in [2.75, 3.05) is 0 Å². The Kier molecular flexibility index (Phi) is 1.74. The molecule has 0 radical (unpaired) electrons. The van der Waals surface area contributed by atoms with Crippen LogP contribution in [0.2, 0.25) is 10.0 Å². The van der Waals surface area contributed by atoms with E-state index in [-0.39, 0.29) is 0 Å². The highest BCUT2D eigenvalue weighted by Crippen LogP contribution is 2.30. The van der Waals surface area contributed by atoms with Gasteiger partial charge in [0.1, 0.15) is 0 Å². The fraction of sp³-hybridized carbons (Fsp3) is 0.125. The van der Waals surface area contributed by atoms with Gasteiger partial charge in [-0.25, -0.2) is 4.98 Å². The van der Waals surface area contributed by atoms with E-state index >= 15 is 0 Å². The van der Waals surface area contributed by atoms with Gasteiger partial charge in [0.2, 0.25) is 0 Å². The summed E-state index contributed by atoms with van der Waals surface area (Å²) in [7, 11) is 0. The van der Waals surface area contributed by atoms with Crippen molar-refractivity contribution in [3.8, 4) is 0 Å². The number of imidazole rings is 1. The Bertz CT molecular complexity index is 434. The number of benzene rings is 1. The summed E-state index contributed by atoms with van der Waals surface area (Å²) in [6.45, 7) is 1.90. The third kappa shape index (κ3) is 0.993. The van der Waals surface area contributed by atoms with Crippen LogP contribution >= 0.6 is 23.2 Å². The summed E-state index contributed by atoms with van der Waals surface area (Å²) >= 11 is 11.8. The average molecular weight is 201 g/mol. The molecule has 2 nitrogen and oxygen atoms in total. The molecule has 1 aromatic carbocycles. The highest BCUT2D eigenvalue weighted by atomic mass is 35.5. The molecule has 0 aliphatic rings. The normalized spacial score (nSPS) is 10.9. The summed E-state index contributed by atoms with van der Waals surface area (Å²) in [5, 5.41) is 1.14. The largest absolute Gasteiger partial charge is 0.345 e. The van der Waals surface area contributed by atoms with Crippen molar-refractivity contribution >= 4 is 34.2 Å². The van der Waals surface area contributed by atoms with Crippen molar-refractivity contribution in [3.05, 3.63) is 28.0 Å². The Morgan fingerprint density at radius 3 is 2.92 bits per heavy atom.